The lowest BCUT2D eigenvalue weighted by Gasteiger charge is -2.21. The lowest BCUT2D eigenvalue weighted by atomic mass is 10.1. The summed E-state index contributed by atoms with van der Waals surface area (Å²) >= 11 is 0. The maximum Gasteiger partial charge on any atom is 0.225 e. The molecule has 0 aromatic carbocycles. The van der Waals surface area contributed by atoms with Crippen LogP contribution in [0.5, 0.6) is 5.88 Å². The normalized spacial score (nSPS) is 20.3. The lowest BCUT2D eigenvalue weighted by molar-refractivity contribution is -0.134. The summed E-state index contributed by atoms with van der Waals surface area (Å²) in [4.78, 5) is 23.2. The molecule has 1 saturated heterocycles. The third-order valence-electron chi connectivity index (χ3n) is 5.20. The minimum Gasteiger partial charge on any atom is -0.481 e. The van der Waals surface area contributed by atoms with E-state index in [2.05, 4.69) is 20.6 Å². The average Bonchev–Trinajstić information content (AvgIpc) is 3.36. The van der Waals surface area contributed by atoms with Crippen molar-refractivity contribution in [3.05, 3.63) is 23.9 Å². The standard InChI is InChI=1S/C19H29N5O2.HI/c1-20-19(21-12-15-8-5-9-17(22-15)26-2)23-16-10-11-24(13-16)18(25)14-6-3-4-7-14;/h5,8-9,14,16H,3-4,6-7,10-13H2,1-2H3,(H2,20,21,23);1H. The molecule has 1 atom stereocenters. The Bertz CT molecular complexity index is 649. The minimum atomic E-state index is 0. The average molecular weight is 487 g/mol. The molecule has 3 rings (SSSR count). The molecule has 1 aliphatic heterocycles. The predicted octanol–water partition coefficient (Wildman–Crippen LogP) is 2.16. The molecule has 2 heterocycles. The van der Waals surface area contributed by atoms with E-state index >= 15 is 0 Å². The van der Waals surface area contributed by atoms with E-state index in [1.54, 1.807) is 14.2 Å². The third kappa shape index (κ3) is 5.95. The van der Waals surface area contributed by atoms with Crippen LogP contribution in [0, 0.1) is 5.92 Å². The van der Waals surface area contributed by atoms with Crippen molar-refractivity contribution in [3.8, 4) is 5.88 Å². The second kappa shape index (κ2) is 10.7. The summed E-state index contributed by atoms with van der Waals surface area (Å²) in [6.45, 7) is 2.16. The molecule has 1 saturated carbocycles. The zero-order chi connectivity index (χ0) is 18.4. The number of amides is 1. The van der Waals surface area contributed by atoms with Crippen molar-refractivity contribution in [1.29, 1.82) is 0 Å². The quantitative estimate of drug-likeness (QED) is 0.378. The van der Waals surface area contributed by atoms with Crippen molar-refractivity contribution in [2.24, 2.45) is 10.9 Å². The summed E-state index contributed by atoms with van der Waals surface area (Å²) in [5.74, 6) is 1.93. The Balaban J connectivity index is 0.00000261. The van der Waals surface area contributed by atoms with Crippen molar-refractivity contribution in [2.75, 3.05) is 27.2 Å². The van der Waals surface area contributed by atoms with Crippen molar-refractivity contribution >= 4 is 35.8 Å². The molecule has 1 aliphatic carbocycles. The van der Waals surface area contributed by atoms with Crippen molar-refractivity contribution in [2.45, 2.75) is 44.7 Å². The summed E-state index contributed by atoms with van der Waals surface area (Å²) in [5, 5.41) is 6.71. The molecule has 8 heteroatoms. The molecule has 0 bridgehead atoms. The molecule has 2 fully saturated rings. The van der Waals surface area contributed by atoms with E-state index in [0.717, 1.165) is 44.0 Å². The molecule has 2 N–H and O–H groups in total. The van der Waals surface area contributed by atoms with Crippen LogP contribution in [0.25, 0.3) is 0 Å². The number of methoxy groups -OCH3 is 1. The van der Waals surface area contributed by atoms with Crippen LogP contribution in [-0.2, 0) is 11.3 Å². The zero-order valence-electron chi connectivity index (χ0n) is 16.1. The monoisotopic (exact) mass is 487 g/mol. The number of carbonyl (C=O) groups excluding carboxylic acids is 1. The Kier molecular flexibility index (Phi) is 8.59. The van der Waals surface area contributed by atoms with Gasteiger partial charge < -0.3 is 20.3 Å². The molecular formula is C19H30IN5O2. The van der Waals surface area contributed by atoms with Gasteiger partial charge in [0.15, 0.2) is 5.96 Å². The van der Waals surface area contributed by atoms with E-state index < -0.39 is 0 Å². The van der Waals surface area contributed by atoms with Crippen LogP contribution in [-0.4, -0.2) is 55.0 Å². The Labute approximate surface area is 178 Å². The highest BCUT2D eigenvalue weighted by Crippen LogP contribution is 2.27. The van der Waals surface area contributed by atoms with Crippen LogP contribution in [0.2, 0.25) is 0 Å². The number of nitrogens with one attached hydrogen (secondary N) is 2. The largest absolute Gasteiger partial charge is 0.481 e. The second-order valence-corrected chi connectivity index (χ2v) is 6.99. The number of nitrogens with zero attached hydrogens (tertiary/aromatic N) is 3. The van der Waals surface area contributed by atoms with E-state index in [1.807, 2.05) is 23.1 Å². The number of hydrogen-bond donors (Lipinski definition) is 2. The Hall–Kier alpha value is -1.58. The van der Waals surface area contributed by atoms with Gasteiger partial charge in [-0.15, -0.1) is 24.0 Å². The number of guanidine groups is 1. The Morgan fingerprint density at radius 1 is 1.33 bits per heavy atom. The lowest BCUT2D eigenvalue weighted by Crippen LogP contribution is -2.45. The minimum absolute atomic E-state index is 0. The molecule has 1 amide bonds. The molecular weight excluding hydrogens is 457 g/mol. The van der Waals surface area contributed by atoms with Crippen LogP contribution >= 0.6 is 24.0 Å². The number of ether oxygens (including phenoxy) is 1. The molecule has 0 radical (unpaired) electrons. The van der Waals surface area contributed by atoms with E-state index in [0.29, 0.717) is 18.3 Å². The molecule has 0 spiro atoms. The van der Waals surface area contributed by atoms with Gasteiger partial charge in [-0.2, -0.15) is 0 Å². The topological polar surface area (TPSA) is 78.9 Å². The Morgan fingerprint density at radius 3 is 2.81 bits per heavy atom. The van der Waals surface area contributed by atoms with Gasteiger partial charge in [0.1, 0.15) is 0 Å². The summed E-state index contributed by atoms with van der Waals surface area (Å²) in [6.07, 6.45) is 5.46. The number of aliphatic imine (C=N–C) groups is 1. The van der Waals surface area contributed by atoms with Crippen LogP contribution in [0.15, 0.2) is 23.2 Å². The van der Waals surface area contributed by atoms with E-state index in [-0.39, 0.29) is 35.9 Å². The summed E-state index contributed by atoms with van der Waals surface area (Å²) in [5.41, 5.74) is 0.886. The number of halogens is 1. The van der Waals surface area contributed by atoms with Crippen molar-refractivity contribution in [3.63, 3.8) is 0 Å². The van der Waals surface area contributed by atoms with Gasteiger partial charge in [-0.05, 0) is 25.3 Å². The number of likely N-dealkylation sites (tertiary alicyclic amines) is 1. The molecule has 1 aromatic heterocycles. The van der Waals surface area contributed by atoms with E-state index in [9.17, 15) is 4.79 Å². The molecule has 7 nitrogen and oxygen atoms in total. The smallest absolute Gasteiger partial charge is 0.225 e. The highest BCUT2D eigenvalue weighted by atomic mass is 127. The fourth-order valence-corrected chi connectivity index (χ4v) is 3.74. The van der Waals surface area contributed by atoms with Crippen LogP contribution in [0.4, 0.5) is 0 Å². The molecule has 1 unspecified atom stereocenters. The fourth-order valence-electron chi connectivity index (χ4n) is 3.74. The van der Waals surface area contributed by atoms with Gasteiger partial charge in [0.25, 0.3) is 0 Å². The fraction of sp³-hybridized carbons (Fsp3) is 0.632. The van der Waals surface area contributed by atoms with Gasteiger partial charge in [0, 0.05) is 38.2 Å². The van der Waals surface area contributed by atoms with Gasteiger partial charge in [0.05, 0.1) is 19.3 Å². The number of aromatic nitrogens is 1. The van der Waals surface area contributed by atoms with Crippen LogP contribution in [0.3, 0.4) is 0 Å². The number of carbonyl (C=O) groups is 1. The van der Waals surface area contributed by atoms with Gasteiger partial charge >= 0.3 is 0 Å². The number of rotatable bonds is 5. The van der Waals surface area contributed by atoms with E-state index in [4.69, 9.17) is 4.74 Å². The maximum atomic E-state index is 12.6. The first-order valence-corrected chi connectivity index (χ1v) is 9.45. The van der Waals surface area contributed by atoms with E-state index in [1.165, 1.54) is 12.8 Å². The highest BCUT2D eigenvalue weighted by Gasteiger charge is 2.32. The number of pyridine rings is 1. The SMILES string of the molecule is CN=C(NCc1cccc(OC)n1)NC1CCN(C(=O)C2CCCC2)C1.I. The third-order valence-corrected chi connectivity index (χ3v) is 5.20. The number of hydrogen-bond acceptors (Lipinski definition) is 4. The maximum absolute atomic E-state index is 12.6. The van der Waals surface area contributed by atoms with Crippen molar-refractivity contribution in [1.82, 2.24) is 20.5 Å². The first-order chi connectivity index (χ1) is 12.7. The van der Waals surface area contributed by atoms with Gasteiger partial charge in [-0.1, -0.05) is 18.9 Å². The van der Waals surface area contributed by atoms with Gasteiger partial charge in [-0.25, -0.2) is 4.98 Å². The zero-order valence-corrected chi connectivity index (χ0v) is 18.4. The predicted molar refractivity (Wildman–Crippen MR) is 116 cm³/mol. The van der Waals surface area contributed by atoms with Crippen molar-refractivity contribution < 1.29 is 9.53 Å². The molecule has 2 aliphatic rings. The first kappa shape index (κ1) is 21.7. The first-order valence-electron chi connectivity index (χ1n) is 9.45. The van der Waals surface area contributed by atoms with Gasteiger partial charge in [-0.3, -0.25) is 9.79 Å². The second-order valence-electron chi connectivity index (χ2n) is 6.99. The summed E-state index contributed by atoms with van der Waals surface area (Å²) in [6, 6.07) is 5.93. The summed E-state index contributed by atoms with van der Waals surface area (Å²) in [7, 11) is 3.36. The van der Waals surface area contributed by atoms with Crippen LogP contribution < -0.4 is 15.4 Å². The van der Waals surface area contributed by atoms with Gasteiger partial charge in [0.2, 0.25) is 11.8 Å². The van der Waals surface area contributed by atoms with Crippen LogP contribution in [0.1, 0.15) is 37.8 Å². The summed E-state index contributed by atoms with van der Waals surface area (Å²) < 4.78 is 5.15. The molecule has 150 valence electrons. The molecule has 27 heavy (non-hydrogen) atoms. The highest BCUT2D eigenvalue weighted by molar-refractivity contribution is 14.0. The molecule has 1 aromatic rings. The Morgan fingerprint density at radius 2 is 2.11 bits per heavy atom.